The predicted octanol–water partition coefficient (Wildman–Crippen LogP) is 4.75. The number of benzene rings is 2. The molecular weight excluding hydrogens is 310 g/mol. The molecule has 0 aromatic heterocycles. The topological polar surface area (TPSA) is 44.7 Å². The highest BCUT2D eigenvalue weighted by atomic mass is 16.2. The number of anilines is 2. The minimum Gasteiger partial charge on any atom is -0.372 e. The maximum Gasteiger partial charge on any atom is 0.237 e. The lowest BCUT2D eigenvalue weighted by Gasteiger charge is -2.23. The maximum atomic E-state index is 12.1. The zero-order chi connectivity index (χ0) is 17.6. The van der Waals surface area contributed by atoms with Gasteiger partial charge in [0.25, 0.3) is 0 Å². The van der Waals surface area contributed by atoms with E-state index < -0.39 is 0 Å². The Morgan fingerprint density at radius 3 is 2.40 bits per heavy atom. The highest BCUT2D eigenvalue weighted by molar-refractivity contribution is 6.12. The van der Waals surface area contributed by atoms with Crippen molar-refractivity contribution in [1.29, 1.82) is 0 Å². The summed E-state index contributed by atoms with van der Waals surface area (Å²) in [5.41, 5.74) is 3.97. The number of fused-ring (bicyclic) bond motifs is 1. The minimum atomic E-state index is -0.312. The third-order valence-electron chi connectivity index (χ3n) is 4.41. The summed E-state index contributed by atoms with van der Waals surface area (Å²) in [6, 6.07) is 16.0. The van der Waals surface area contributed by atoms with Gasteiger partial charge in [-0.05, 0) is 48.7 Å². The van der Waals surface area contributed by atoms with E-state index in [1.54, 1.807) is 6.21 Å². The van der Waals surface area contributed by atoms with Gasteiger partial charge in [0.05, 0.1) is 5.69 Å². The van der Waals surface area contributed by atoms with Crippen LogP contribution in [0.4, 0.5) is 17.1 Å². The molecule has 1 N–H and O–H groups in total. The molecule has 4 heteroatoms. The molecule has 2 aromatic rings. The Bertz CT molecular complexity index is 746. The number of hydrogen-bond donors (Lipinski definition) is 1. The number of carbonyl (C=O) groups excluding carboxylic acids is 1. The van der Waals surface area contributed by atoms with Gasteiger partial charge in [-0.3, -0.25) is 9.79 Å². The SMILES string of the molecule is CCCN(CCC)c1ccc(N=CC2C(=O)Nc3ccccc32)cc1. The van der Waals surface area contributed by atoms with E-state index in [0.29, 0.717) is 0 Å². The number of para-hydroxylation sites is 1. The van der Waals surface area contributed by atoms with Gasteiger partial charge >= 0.3 is 0 Å². The Balaban J connectivity index is 1.73. The normalized spacial score (nSPS) is 16.1. The molecule has 1 aliphatic rings. The summed E-state index contributed by atoms with van der Waals surface area (Å²) in [7, 11) is 0. The van der Waals surface area contributed by atoms with E-state index in [4.69, 9.17) is 0 Å². The summed E-state index contributed by atoms with van der Waals surface area (Å²) >= 11 is 0. The van der Waals surface area contributed by atoms with Crippen LogP contribution in [-0.4, -0.2) is 25.2 Å². The molecule has 0 spiro atoms. The van der Waals surface area contributed by atoms with Crippen molar-refractivity contribution in [2.45, 2.75) is 32.6 Å². The summed E-state index contributed by atoms with van der Waals surface area (Å²) in [6.45, 7) is 6.53. The summed E-state index contributed by atoms with van der Waals surface area (Å²) in [5, 5.41) is 2.90. The summed E-state index contributed by atoms with van der Waals surface area (Å²) < 4.78 is 0. The highest BCUT2D eigenvalue weighted by Gasteiger charge is 2.28. The van der Waals surface area contributed by atoms with Gasteiger partial charge in [0.15, 0.2) is 0 Å². The first-order valence-corrected chi connectivity index (χ1v) is 9.02. The third kappa shape index (κ3) is 3.90. The third-order valence-corrected chi connectivity index (χ3v) is 4.41. The van der Waals surface area contributed by atoms with Gasteiger partial charge in [-0.15, -0.1) is 0 Å². The molecular formula is C21H25N3O. The first-order chi connectivity index (χ1) is 12.2. The van der Waals surface area contributed by atoms with Gasteiger partial charge in [-0.25, -0.2) is 0 Å². The molecule has 0 radical (unpaired) electrons. The van der Waals surface area contributed by atoms with E-state index in [2.05, 4.69) is 41.2 Å². The van der Waals surface area contributed by atoms with Crippen LogP contribution in [0.3, 0.4) is 0 Å². The van der Waals surface area contributed by atoms with Crippen LogP contribution < -0.4 is 10.2 Å². The fourth-order valence-electron chi connectivity index (χ4n) is 3.20. The van der Waals surface area contributed by atoms with Gasteiger partial charge in [0.1, 0.15) is 5.92 Å². The molecule has 2 aromatic carbocycles. The number of hydrogen-bond acceptors (Lipinski definition) is 3. The molecule has 3 rings (SSSR count). The van der Waals surface area contributed by atoms with Crippen LogP contribution >= 0.6 is 0 Å². The number of carbonyl (C=O) groups is 1. The average molecular weight is 335 g/mol. The van der Waals surface area contributed by atoms with E-state index >= 15 is 0 Å². The van der Waals surface area contributed by atoms with Crippen LogP contribution in [0.25, 0.3) is 0 Å². The Morgan fingerprint density at radius 1 is 1.04 bits per heavy atom. The van der Waals surface area contributed by atoms with Crippen LogP contribution in [-0.2, 0) is 4.79 Å². The van der Waals surface area contributed by atoms with Crippen molar-refractivity contribution in [2.75, 3.05) is 23.3 Å². The Kier molecular flexibility index (Phi) is 5.49. The van der Waals surface area contributed by atoms with Crippen molar-refractivity contribution < 1.29 is 4.79 Å². The molecule has 1 amide bonds. The van der Waals surface area contributed by atoms with Crippen LogP contribution in [0.5, 0.6) is 0 Å². The molecule has 1 aliphatic heterocycles. The number of aliphatic imine (C=N–C) groups is 1. The lowest BCUT2D eigenvalue weighted by atomic mass is 10.0. The molecule has 1 atom stereocenters. The predicted molar refractivity (Wildman–Crippen MR) is 105 cm³/mol. The molecule has 0 aliphatic carbocycles. The first kappa shape index (κ1) is 17.2. The van der Waals surface area contributed by atoms with Gasteiger partial charge < -0.3 is 10.2 Å². The van der Waals surface area contributed by atoms with Gasteiger partial charge in [-0.1, -0.05) is 32.0 Å². The van der Waals surface area contributed by atoms with Crippen molar-refractivity contribution in [1.82, 2.24) is 0 Å². The van der Waals surface area contributed by atoms with E-state index in [-0.39, 0.29) is 11.8 Å². The molecule has 0 saturated heterocycles. The second-order valence-corrected chi connectivity index (χ2v) is 6.34. The smallest absolute Gasteiger partial charge is 0.237 e. The van der Waals surface area contributed by atoms with E-state index in [9.17, 15) is 4.79 Å². The number of nitrogens with one attached hydrogen (secondary N) is 1. The molecule has 0 bridgehead atoms. The second-order valence-electron chi connectivity index (χ2n) is 6.34. The second kappa shape index (κ2) is 7.97. The van der Waals surface area contributed by atoms with Crippen LogP contribution in [0.15, 0.2) is 53.5 Å². The van der Waals surface area contributed by atoms with E-state index in [0.717, 1.165) is 42.9 Å². The van der Waals surface area contributed by atoms with Crippen molar-refractivity contribution in [2.24, 2.45) is 4.99 Å². The van der Waals surface area contributed by atoms with Crippen molar-refractivity contribution in [3.63, 3.8) is 0 Å². The Hall–Kier alpha value is -2.62. The fourth-order valence-corrected chi connectivity index (χ4v) is 3.20. The van der Waals surface area contributed by atoms with Gasteiger partial charge in [-0.2, -0.15) is 0 Å². The largest absolute Gasteiger partial charge is 0.372 e. The Morgan fingerprint density at radius 2 is 1.72 bits per heavy atom. The molecule has 25 heavy (non-hydrogen) atoms. The summed E-state index contributed by atoms with van der Waals surface area (Å²) in [4.78, 5) is 19.1. The quantitative estimate of drug-likeness (QED) is 0.742. The van der Waals surface area contributed by atoms with E-state index in [1.807, 2.05) is 36.4 Å². The number of amides is 1. The van der Waals surface area contributed by atoms with Gasteiger partial charge in [0.2, 0.25) is 5.91 Å². The van der Waals surface area contributed by atoms with Gasteiger partial charge in [0, 0.05) is 30.7 Å². The van der Waals surface area contributed by atoms with Crippen molar-refractivity contribution in [3.8, 4) is 0 Å². The minimum absolute atomic E-state index is 0.0152. The standard InChI is InChI=1S/C21H25N3O/c1-3-13-24(14-4-2)17-11-9-16(10-12-17)22-15-19-18-7-5-6-8-20(18)23-21(19)25/h5-12,15,19H,3-4,13-14H2,1-2H3,(H,23,25). The van der Waals surface area contributed by atoms with E-state index in [1.165, 1.54) is 5.69 Å². The van der Waals surface area contributed by atoms with Crippen LogP contribution in [0, 0.1) is 0 Å². The summed E-state index contributed by atoms with van der Waals surface area (Å²) in [5.74, 6) is -0.328. The fraction of sp³-hybridized carbons (Fsp3) is 0.333. The monoisotopic (exact) mass is 335 g/mol. The van der Waals surface area contributed by atoms with Crippen molar-refractivity contribution in [3.05, 3.63) is 54.1 Å². The number of rotatable bonds is 7. The molecule has 1 unspecified atom stereocenters. The highest BCUT2D eigenvalue weighted by Crippen LogP contribution is 2.31. The molecule has 130 valence electrons. The zero-order valence-corrected chi connectivity index (χ0v) is 14.9. The lowest BCUT2D eigenvalue weighted by Crippen LogP contribution is -2.24. The molecule has 0 fully saturated rings. The first-order valence-electron chi connectivity index (χ1n) is 9.02. The maximum absolute atomic E-state index is 12.1. The lowest BCUT2D eigenvalue weighted by molar-refractivity contribution is -0.115. The zero-order valence-electron chi connectivity index (χ0n) is 14.9. The van der Waals surface area contributed by atoms with Crippen molar-refractivity contribution >= 4 is 29.2 Å². The summed E-state index contributed by atoms with van der Waals surface area (Å²) in [6.07, 6.45) is 4.01. The molecule has 1 heterocycles. The van der Waals surface area contributed by atoms with Crippen LogP contribution in [0.2, 0.25) is 0 Å². The molecule has 4 nitrogen and oxygen atoms in total. The number of nitrogens with zero attached hydrogens (tertiary/aromatic N) is 2. The Labute approximate surface area is 149 Å². The van der Waals surface area contributed by atoms with Crippen LogP contribution in [0.1, 0.15) is 38.2 Å². The average Bonchev–Trinajstić information content (AvgIpc) is 2.95. The molecule has 0 saturated carbocycles.